The Balaban J connectivity index is 2.03. The van der Waals surface area contributed by atoms with Gasteiger partial charge in [0.05, 0.1) is 0 Å². The number of hydrogen-bond acceptors (Lipinski definition) is 3. The smallest absolute Gasteiger partial charge is 0.221 e. The van der Waals surface area contributed by atoms with E-state index in [1.54, 1.807) is 0 Å². The lowest BCUT2D eigenvalue weighted by Crippen LogP contribution is -2.29. The SMILES string of the molecule is Cc1ccc(Oc2ccccc2CNC(=O)CC(C)N)cc1. The molecule has 0 saturated heterocycles. The zero-order valence-corrected chi connectivity index (χ0v) is 13.0. The summed E-state index contributed by atoms with van der Waals surface area (Å²) in [4.78, 5) is 11.7. The molecule has 0 bridgehead atoms. The van der Waals surface area contributed by atoms with Gasteiger partial charge in [0.1, 0.15) is 11.5 Å². The van der Waals surface area contributed by atoms with Crippen LogP contribution in [-0.4, -0.2) is 11.9 Å². The topological polar surface area (TPSA) is 64.3 Å². The van der Waals surface area contributed by atoms with Crippen LogP contribution < -0.4 is 15.8 Å². The first-order valence-electron chi connectivity index (χ1n) is 7.39. The third-order valence-electron chi connectivity index (χ3n) is 3.20. The molecule has 0 heterocycles. The van der Waals surface area contributed by atoms with Crippen molar-refractivity contribution in [2.24, 2.45) is 5.73 Å². The maximum Gasteiger partial charge on any atom is 0.221 e. The number of amides is 1. The molecule has 116 valence electrons. The number of rotatable bonds is 6. The van der Waals surface area contributed by atoms with Gasteiger partial charge in [-0.15, -0.1) is 0 Å². The summed E-state index contributed by atoms with van der Waals surface area (Å²) in [6, 6.07) is 15.4. The first-order chi connectivity index (χ1) is 10.5. The zero-order chi connectivity index (χ0) is 15.9. The average Bonchev–Trinajstić information content (AvgIpc) is 2.48. The van der Waals surface area contributed by atoms with Crippen molar-refractivity contribution in [3.63, 3.8) is 0 Å². The molecule has 0 aromatic heterocycles. The molecule has 22 heavy (non-hydrogen) atoms. The van der Waals surface area contributed by atoms with Gasteiger partial charge in [-0.1, -0.05) is 35.9 Å². The van der Waals surface area contributed by atoms with Gasteiger partial charge in [0.25, 0.3) is 0 Å². The highest BCUT2D eigenvalue weighted by Crippen LogP contribution is 2.25. The van der Waals surface area contributed by atoms with Crippen molar-refractivity contribution in [2.75, 3.05) is 0 Å². The van der Waals surface area contributed by atoms with E-state index >= 15 is 0 Å². The first kappa shape index (κ1) is 16.0. The Morgan fingerprint density at radius 1 is 1.18 bits per heavy atom. The van der Waals surface area contributed by atoms with E-state index in [0.29, 0.717) is 13.0 Å². The number of hydrogen-bond donors (Lipinski definition) is 2. The summed E-state index contributed by atoms with van der Waals surface area (Å²) in [7, 11) is 0. The lowest BCUT2D eigenvalue weighted by atomic mass is 10.2. The summed E-state index contributed by atoms with van der Waals surface area (Å²) >= 11 is 0. The molecule has 2 aromatic rings. The molecule has 1 atom stereocenters. The predicted octanol–water partition coefficient (Wildman–Crippen LogP) is 3.14. The Morgan fingerprint density at radius 2 is 1.86 bits per heavy atom. The number of ether oxygens (including phenoxy) is 1. The number of benzene rings is 2. The molecule has 0 saturated carbocycles. The minimum absolute atomic E-state index is 0.0554. The Bertz CT molecular complexity index is 621. The molecule has 1 unspecified atom stereocenters. The second kappa shape index (κ2) is 7.61. The summed E-state index contributed by atoms with van der Waals surface area (Å²) in [5, 5.41) is 2.87. The highest BCUT2D eigenvalue weighted by atomic mass is 16.5. The van der Waals surface area contributed by atoms with Crippen LogP contribution in [0.2, 0.25) is 0 Å². The second-order valence-electron chi connectivity index (χ2n) is 5.48. The molecule has 0 radical (unpaired) electrons. The van der Waals surface area contributed by atoms with Gasteiger partial charge in [0.15, 0.2) is 0 Å². The maximum atomic E-state index is 11.7. The lowest BCUT2D eigenvalue weighted by molar-refractivity contribution is -0.121. The van der Waals surface area contributed by atoms with Crippen molar-refractivity contribution >= 4 is 5.91 Å². The maximum absolute atomic E-state index is 11.7. The van der Waals surface area contributed by atoms with Crippen LogP contribution in [0.1, 0.15) is 24.5 Å². The summed E-state index contributed by atoms with van der Waals surface area (Å²) in [5.41, 5.74) is 7.74. The normalized spacial score (nSPS) is 11.8. The molecule has 4 nitrogen and oxygen atoms in total. The Labute approximate surface area is 131 Å². The molecule has 0 aliphatic heterocycles. The minimum atomic E-state index is -0.140. The van der Waals surface area contributed by atoms with Crippen molar-refractivity contribution in [2.45, 2.75) is 32.9 Å². The molecular weight excluding hydrogens is 276 g/mol. The third kappa shape index (κ3) is 4.90. The van der Waals surface area contributed by atoms with E-state index in [-0.39, 0.29) is 11.9 Å². The molecule has 2 rings (SSSR count). The van der Waals surface area contributed by atoms with Gasteiger partial charge in [0.2, 0.25) is 5.91 Å². The highest BCUT2D eigenvalue weighted by Gasteiger charge is 2.08. The molecule has 0 fully saturated rings. The van der Waals surface area contributed by atoms with Crippen molar-refractivity contribution in [1.29, 1.82) is 0 Å². The molecule has 1 amide bonds. The van der Waals surface area contributed by atoms with Gasteiger partial charge in [0, 0.05) is 24.6 Å². The number of carbonyl (C=O) groups is 1. The van der Waals surface area contributed by atoms with Gasteiger partial charge in [-0.3, -0.25) is 4.79 Å². The Morgan fingerprint density at radius 3 is 2.55 bits per heavy atom. The minimum Gasteiger partial charge on any atom is -0.457 e. The molecule has 0 spiro atoms. The fourth-order valence-electron chi connectivity index (χ4n) is 2.04. The van der Waals surface area contributed by atoms with Crippen LogP contribution in [0.5, 0.6) is 11.5 Å². The molecule has 3 N–H and O–H groups in total. The van der Waals surface area contributed by atoms with E-state index < -0.39 is 0 Å². The monoisotopic (exact) mass is 298 g/mol. The quantitative estimate of drug-likeness (QED) is 0.861. The van der Waals surface area contributed by atoms with Crippen LogP contribution >= 0.6 is 0 Å². The van der Waals surface area contributed by atoms with E-state index in [1.807, 2.05) is 62.4 Å². The summed E-state index contributed by atoms with van der Waals surface area (Å²) < 4.78 is 5.90. The summed E-state index contributed by atoms with van der Waals surface area (Å²) in [6.07, 6.45) is 0.320. The molecule has 0 aliphatic rings. The number of para-hydroxylation sites is 1. The molecule has 2 aromatic carbocycles. The average molecular weight is 298 g/mol. The fourth-order valence-corrected chi connectivity index (χ4v) is 2.04. The van der Waals surface area contributed by atoms with Gasteiger partial charge < -0.3 is 15.8 Å². The third-order valence-corrected chi connectivity index (χ3v) is 3.20. The van der Waals surface area contributed by atoms with Crippen LogP contribution in [0.4, 0.5) is 0 Å². The highest BCUT2D eigenvalue weighted by molar-refractivity contribution is 5.76. The molecule has 4 heteroatoms. The number of aryl methyl sites for hydroxylation is 1. The van der Waals surface area contributed by atoms with Crippen LogP contribution in [0.25, 0.3) is 0 Å². The van der Waals surface area contributed by atoms with E-state index in [0.717, 1.165) is 17.1 Å². The van der Waals surface area contributed by atoms with Crippen molar-refractivity contribution in [3.8, 4) is 11.5 Å². The van der Waals surface area contributed by atoms with Crippen molar-refractivity contribution < 1.29 is 9.53 Å². The Hall–Kier alpha value is -2.33. The van der Waals surface area contributed by atoms with E-state index in [1.165, 1.54) is 5.56 Å². The van der Waals surface area contributed by atoms with Gasteiger partial charge in [-0.05, 0) is 32.0 Å². The van der Waals surface area contributed by atoms with Crippen molar-refractivity contribution in [1.82, 2.24) is 5.32 Å². The lowest BCUT2D eigenvalue weighted by Gasteiger charge is -2.12. The van der Waals surface area contributed by atoms with Crippen LogP contribution in [0, 0.1) is 6.92 Å². The van der Waals surface area contributed by atoms with E-state index in [9.17, 15) is 4.79 Å². The number of nitrogens with one attached hydrogen (secondary N) is 1. The van der Waals surface area contributed by atoms with Gasteiger partial charge in [-0.2, -0.15) is 0 Å². The van der Waals surface area contributed by atoms with Crippen LogP contribution in [0.3, 0.4) is 0 Å². The van der Waals surface area contributed by atoms with Gasteiger partial charge >= 0.3 is 0 Å². The van der Waals surface area contributed by atoms with Gasteiger partial charge in [-0.25, -0.2) is 0 Å². The van der Waals surface area contributed by atoms with Crippen LogP contribution in [-0.2, 0) is 11.3 Å². The summed E-state index contributed by atoms with van der Waals surface area (Å²) in [6.45, 7) is 4.27. The number of nitrogens with two attached hydrogens (primary N) is 1. The first-order valence-corrected chi connectivity index (χ1v) is 7.39. The Kier molecular flexibility index (Phi) is 5.55. The number of carbonyl (C=O) groups excluding carboxylic acids is 1. The molecule has 0 aliphatic carbocycles. The fraction of sp³-hybridized carbons (Fsp3) is 0.278. The van der Waals surface area contributed by atoms with Crippen molar-refractivity contribution in [3.05, 3.63) is 59.7 Å². The zero-order valence-electron chi connectivity index (χ0n) is 13.0. The molecular formula is C18H22N2O2. The largest absolute Gasteiger partial charge is 0.457 e. The van der Waals surface area contributed by atoms with E-state index in [4.69, 9.17) is 10.5 Å². The summed E-state index contributed by atoms with van der Waals surface area (Å²) in [5.74, 6) is 1.47. The van der Waals surface area contributed by atoms with E-state index in [2.05, 4.69) is 5.32 Å². The standard InChI is InChI=1S/C18H22N2O2/c1-13-7-9-16(10-8-13)22-17-6-4-3-5-15(17)12-20-18(21)11-14(2)19/h3-10,14H,11-12,19H2,1-2H3,(H,20,21). The van der Waals surface area contributed by atoms with Crippen LogP contribution in [0.15, 0.2) is 48.5 Å². The second-order valence-corrected chi connectivity index (χ2v) is 5.48. The predicted molar refractivity (Wildman–Crippen MR) is 87.8 cm³/mol.